The number of thiazole rings is 1. The van der Waals surface area contributed by atoms with E-state index < -0.39 is 0 Å². The fourth-order valence-electron chi connectivity index (χ4n) is 2.37. The van der Waals surface area contributed by atoms with Gasteiger partial charge in [0.05, 0.1) is 12.1 Å². The van der Waals surface area contributed by atoms with Crippen molar-refractivity contribution in [3.63, 3.8) is 0 Å². The molecule has 6 nitrogen and oxygen atoms in total. The zero-order valence-corrected chi connectivity index (χ0v) is 16.7. The molecule has 1 saturated heterocycles. The van der Waals surface area contributed by atoms with E-state index in [1.807, 2.05) is 31.2 Å². The summed E-state index contributed by atoms with van der Waals surface area (Å²) in [6.07, 6.45) is 2.28. The minimum Gasteiger partial charge on any atom is -0.342 e. The van der Waals surface area contributed by atoms with Crippen LogP contribution in [-0.2, 0) is 16.0 Å². The number of nitrogens with zero attached hydrogens (tertiary/aromatic N) is 2. The summed E-state index contributed by atoms with van der Waals surface area (Å²) in [4.78, 5) is 30.1. The van der Waals surface area contributed by atoms with Crippen molar-refractivity contribution in [3.05, 3.63) is 11.1 Å². The lowest BCUT2D eigenvalue weighted by molar-refractivity contribution is -0.131. The van der Waals surface area contributed by atoms with Crippen molar-refractivity contribution < 1.29 is 9.59 Å². The van der Waals surface area contributed by atoms with Gasteiger partial charge >= 0.3 is 0 Å². The fourth-order valence-corrected chi connectivity index (χ4v) is 3.09. The number of likely N-dealkylation sites (N-methyl/N-ethyl adjacent to an activating group) is 1. The minimum absolute atomic E-state index is 0. The van der Waals surface area contributed by atoms with Crippen LogP contribution in [0.3, 0.4) is 0 Å². The summed E-state index contributed by atoms with van der Waals surface area (Å²) in [7, 11) is 1.87. The van der Waals surface area contributed by atoms with Gasteiger partial charge in [-0.3, -0.25) is 9.59 Å². The first-order chi connectivity index (χ1) is 10.5. The number of amides is 2. The van der Waals surface area contributed by atoms with Crippen molar-refractivity contribution in [1.82, 2.24) is 15.2 Å². The van der Waals surface area contributed by atoms with Gasteiger partial charge in [0.1, 0.15) is 0 Å². The second-order valence-corrected chi connectivity index (χ2v) is 6.81. The molecule has 0 saturated carbocycles. The van der Waals surface area contributed by atoms with Crippen molar-refractivity contribution in [3.8, 4) is 0 Å². The molecule has 0 aliphatic carbocycles. The predicted molar refractivity (Wildman–Crippen MR) is 102 cm³/mol. The van der Waals surface area contributed by atoms with E-state index in [2.05, 4.69) is 15.6 Å². The lowest BCUT2D eigenvalue weighted by Gasteiger charge is -2.31. The van der Waals surface area contributed by atoms with E-state index in [0.29, 0.717) is 11.2 Å². The van der Waals surface area contributed by atoms with E-state index in [4.69, 9.17) is 0 Å². The van der Waals surface area contributed by atoms with Crippen molar-refractivity contribution >= 4 is 53.1 Å². The minimum atomic E-state index is -0.0833. The third-order valence-electron chi connectivity index (χ3n) is 3.89. The molecule has 2 amide bonds. The largest absolute Gasteiger partial charge is 0.342 e. The van der Waals surface area contributed by atoms with Crippen LogP contribution >= 0.6 is 36.2 Å². The number of carbonyl (C=O) groups excluding carboxylic acids is 2. The first-order valence-corrected chi connectivity index (χ1v) is 8.57. The normalized spacial score (nSPS) is 14.5. The smallest absolute Gasteiger partial charge is 0.228 e. The van der Waals surface area contributed by atoms with Gasteiger partial charge in [0, 0.05) is 24.4 Å². The molecule has 1 aliphatic heterocycles. The summed E-state index contributed by atoms with van der Waals surface area (Å²) in [5.41, 5.74) is 0.717. The van der Waals surface area contributed by atoms with Crippen LogP contribution in [-0.4, -0.2) is 47.9 Å². The van der Waals surface area contributed by atoms with Crippen LogP contribution in [0.15, 0.2) is 5.38 Å². The molecule has 0 unspecified atom stereocenters. The van der Waals surface area contributed by atoms with Gasteiger partial charge in [0.2, 0.25) is 11.8 Å². The average molecular weight is 397 g/mol. The first kappa shape index (κ1) is 23.1. The Labute approximate surface area is 159 Å². The molecule has 24 heavy (non-hydrogen) atoms. The van der Waals surface area contributed by atoms with E-state index >= 15 is 0 Å². The summed E-state index contributed by atoms with van der Waals surface area (Å²) >= 11 is 1.36. The lowest BCUT2D eigenvalue weighted by atomic mass is 10.0. The fraction of sp³-hybridized carbons (Fsp3) is 0.667. The van der Waals surface area contributed by atoms with Crippen molar-refractivity contribution in [2.45, 2.75) is 39.2 Å². The van der Waals surface area contributed by atoms with Gasteiger partial charge in [-0.05, 0) is 25.9 Å². The number of nitrogens with one attached hydrogen (secondary N) is 2. The molecule has 1 aromatic heterocycles. The van der Waals surface area contributed by atoms with E-state index in [-0.39, 0.29) is 49.0 Å². The highest BCUT2D eigenvalue weighted by Crippen LogP contribution is 2.18. The second kappa shape index (κ2) is 10.9. The summed E-state index contributed by atoms with van der Waals surface area (Å²) in [5.74, 6) is -0.0574. The van der Waals surface area contributed by atoms with Crippen molar-refractivity contribution in [2.24, 2.45) is 5.92 Å². The number of piperidine rings is 1. The standard InChI is InChI=1S/C15H24N4O2S.2ClH/c1-10(2)14(21)18-15-17-11(9-22-15)8-13(20)19(3)12-4-6-16-7-5-12;;/h9-10,12,16H,4-8H2,1-3H3,(H,17,18,21);2*1H. The molecule has 1 aliphatic rings. The van der Waals surface area contributed by atoms with E-state index in [1.165, 1.54) is 11.3 Å². The van der Waals surface area contributed by atoms with E-state index in [1.54, 1.807) is 0 Å². The predicted octanol–water partition coefficient (Wildman–Crippen LogP) is 2.33. The molecular formula is C15H26Cl2N4O2S. The molecular weight excluding hydrogens is 371 g/mol. The quantitative estimate of drug-likeness (QED) is 0.800. The Bertz CT molecular complexity index is 533. The maximum atomic E-state index is 12.3. The summed E-state index contributed by atoms with van der Waals surface area (Å²) in [5, 5.41) is 8.46. The van der Waals surface area contributed by atoms with Crippen molar-refractivity contribution in [1.29, 1.82) is 0 Å². The van der Waals surface area contributed by atoms with Crippen LogP contribution in [0.4, 0.5) is 5.13 Å². The highest BCUT2D eigenvalue weighted by atomic mass is 35.5. The molecule has 2 heterocycles. The number of anilines is 1. The molecule has 2 rings (SSSR count). The Kier molecular flexibility index (Phi) is 10.5. The van der Waals surface area contributed by atoms with Gasteiger partial charge in [-0.1, -0.05) is 13.8 Å². The molecule has 0 bridgehead atoms. The maximum absolute atomic E-state index is 12.3. The molecule has 2 N–H and O–H groups in total. The molecule has 1 fully saturated rings. The highest BCUT2D eigenvalue weighted by Gasteiger charge is 2.22. The molecule has 0 aromatic carbocycles. The summed E-state index contributed by atoms with van der Waals surface area (Å²) < 4.78 is 0. The Balaban J connectivity index is 0.00000264. The summed E-state index contributed by atoms with van der Waals surface area (Å²) in [6.45, 7) is 5.59. The average Bonchev–Trinajstić information content (AvgIpc) is 2.94. The Hall–Kier alpha value is -0.890. The van der Waals surface area contributed by atoms with Crippen LogP contribution in [0, 0.1) is 5.92 Å². The third kappa shape index (κ3) is 6.55. The molecule has 1 aromatic rings. The number of hydrogen-bond acceptors (Lipinski definition) is 5. The number of halogens is 2. The zero-order chi connectivity index (χ0) is 16.1. The van der Waals surface area contributed by atoms with Gasteiger partial charge in [-0.2, -0.15) is 0 Å². The van der Waals surface area contributed by atoms with Crippen molar-refractivity contribution in [2.75, 3.05) is 25.5 Å². The van der Waals surface area contributed by atoms with Crippen LogP contribution < -0.4 is 10.6 Å². The Morgan fingerprint density at radius 3 is 2.58 bits per heavy atom. The maximum Gasteiger partial charge on any atom is 0.228 e. The number of carbonyl (C=O) groups is 2. The summed E-state index contributed by atoms with van der Waals surface area (Å²) in [6, 6.07) is 0.312. The molecule has 0 radical (unpaired) electrons. The highest BCUT2D eigenvalue weighted by molar-refractivity contribution is 7.13. The molecule has 0 atom stereocenters. The molecule has 138 valence electrons. The zero-order valence-electron chi connectivity index (χ0n) is 14.2. The number of hydrogen-bond donors (Lipinski definition) is 2. The molecule has 0 spiro atoms. The van der Waals surface area contributed by atoms with E-state index in [9.17, 15) is 9.59 Å². The first-order valence-electron chi connectivity index (χ1n) is 7.69. The number of aromatic nitrogens is 1. The Morgan fingerprint density at radius 2 is 2.00 bits per heavy atom. The number of rotatable bonds is 5. The second-order valence-electron chi connectivity index (χ2n) is 5.95. The van der Waals surface area contributed by atoms with Crippen LogP contribution in [0.2, 0.25) is 0 Å². The van der Waals surface area contributed by atoms with Crippen LogP contribution in [0.5, 0.6) is 0 Å². The Morgan fingerprint density at radius 1 is 1.38 bits per heavy atom. The molecule has 9 heteroatoms. The van der Waals surface area contributed by atoms with Gasteiger partial charge in [0.25, 0.3) is 0 Å². The van der Waals surface area contributed by atoms with E-state index in [0.717, 1.165) is 31.6 Å². The van der Waals surface area contributed by atoms with Gasteiger partial charge in [0.15, 0.2) is 5.13 Å². The van der Waals surface area contributed by atoms with Crippen LogP contribution in [0.1, 0.15) is 32.4 Å². The van der Waals surface area contributed by atoms with Gasteiger partial charge in [-0.25, -0.2) is 4.98 Å². The monoisotopic (exact) mass is 396 g/mol. The van der Waals surface area contributed by atoms with Gasteiger partial charge in [-0.15, -0.1) is 36.2 Å². The lowest BCUT2D eigenvalue weighted by Crippen LogP contribution is -2.44. The van der Waals surface area contributed by atoms with Gasteiger partial charge < -0.3 is 15.5 Å². The topological polar surface area (TPSA) is 74.3 Å². The third-order valence-corrected chi connectivity index (χ3v) is 4.69. The van der Waals surface area contributed by atoms with Crippen LogP contribution in [0.25, 0.3) is 0 Å². The SMILES string of the molecule is CC(C)C(=O)Nc1nc(CC(=O)N(C)C2CCNCC2)cs1.Cl.Cl.